The molecule has 1 unspecified atom stereocenters. The van der Waals surface area contributed by atoms with E-state index in [1.165, 1.54) is 5.57 Å². The van der Waals surface area contributed by atoms with Gasteiger partial charge >= 0.3 is 5.97 Å². The maximum absolute atomic E-state index is 12.0. The summed E-state index contributed by atoms with van der Waals surface area (Å²) in [7, 11) is 0. The molecule has 0 N–H and O–H groups in total. The number of rotatable bonds is 7. The zero-order valence-electron chi connectivity index (χ0n) is 13.5. The van der Waals surface area contributed by atoms with E-state index in [2.05, 4.69) is 6.08 Å². The van der Waals surface area contributed by atoms with Crippen LogP contribution in [-0.2, 0) is 14.3 Å². The molecule has 0 amide bonds. The van der Waals surface area contributed by atoms with Crippen molar-refractivity contribution in [2.24, 2.45) is 11.3 Å². The maximum Gasteiger partial charge on any atom is 0.311 e. The zero-order valence-corrected chi connectivity index (χ0v) is 13.5. The number of allylic oxidation sites excluding steroid dienone is 1. The van der Waals surface area contributed by atoms with Gasteiger partial charge in [0.15, 0.2) is 0 Å². The highest BCUT2D eigenvalue weighted by molar-refractivity contribution is 5.83. The summed E-state index contributed by atoms with van der Waals surface area (Å²) in [5.74, 6) is 0.431. The molecule has 0 spiro atoms. The molecule has 3 heteroatoms. The monoisotopic (exact) mass is 280 g/mol. The van der Waals surface area contributed by atoms with Crippen LogP contribution in [0.3, 0.4) is 0 Å². The van der Waals surface area contributed by atoms with Crippen LogP contribution in [0.1, 0.15) is 66.7 Å². The molecule has 1 aliphatic rings. The van der Waals surface area contributed by atoms with E-state index in [9.17, 15) is 9.59 Å². The van der Waals surface area contributed by atoms with Crippen LogP contribution in [0.2, 0.25) is 0 Å². The number of ether oxygens (including phenoxy) is 1. The second-order valence-corrected chi connectivity index (χ2v) is 7.07. The van der Waals surface area contributed by atoms with Gasteiger partial charge in [-0.05, 0) is 53.9 Å². The van der Waals surface area contributed by atoms with E-state index in [-0.39, 0.29) is 18.0 Å². The quantitative estimate of drug-likeness (QED) is 0.522. The molecular weight excluding hydrogens is 252 g/mol. The molecule has 20 heavy (non-hydrogen) atoms. The predicted octanol–water partition coefficient (Wildman–Crippen LogP) is 4.06. The lowest BCUT2D eigenvalue weighted by Gasteiger charge is -2.22. The van der Waals surface area contributed by atoms with Crippen molar-refractivity contribution in [1.29, 1.82) is 0 Å². The van der Waals surface area contributed by atoms with Gasteiger partial charge in [-0.25, -0.2) is 0 Å². The van der Waals surface area contributed by atoms with Crippen LogP contribution in [0, 0.1) is 11.3 Å². The Kier molecular flexibility index (Phi) is 5.97. The molecule has 114 valence electrons. The van der Waals surface area contributed by atoms with Gasteiger partial charge in [-0.2, -0.15) is 0 Å². The number of carbonyl (C=O) groups is 2. The average molecular weight is 280 g/mol. The van der Waals surface area contributed by atoms with Crippen LogP contribution < -0.4 is 0 Å². The molecule has 0 aromatic heterocycles. The van der Waals surface area contributed by atoms with Gasteiger partial charge < -0.3 is 4.74 Å². The Morgan fingerprint density at radius 2 is 1.85 bits per heavy atom. The smallest absolute Gasteiger partial charge is 0.311 e. The second kappa shape index (κ2) is 7.05. The highest BCUT2D eigenvalue weighted by Gasteiger charge is 2.30. The minimum absolute atomic E-state index is 0.181. The van der Waals surface area contributed by atoms with Crippen LogP contribution in [-0.4, -0.2) is 17.9 Å². The molecule has 0 aromatic carbocycles. The fraction of sp³-hybridized carbons (Fsp3) is 0.765. The first kappa shape index (κ1) is 16.9. The topological polar surface area (TPSA) is 43.4 Å². The number of ketones is 1. The Morgan fingerprint density at radius 3 is 2.30 bits per heavy atom. The first-order valence-corrected chi connectivity index (χ1v) is 7.57. The molecule has 3 nitrogen and oxygen atoms in total. The summed E-state index contributed by atoms with van der Waals surface area (Å²) in [4.78, 5) is 23.8. The second-order valence-electron chi connectivity index (χ2n) is 7.07. The Hall–Kier alpha value is -1.12. The Labute approximate surface area is 122 Å². The molecule has 0 saturated heterocycles. The summed E-state index contributed by atoms with van der Waals surface area (Å²) in [6, 6.07) is 0. The lowest BCUT2D eigenvalue weighted by atomic mass is 9.97. The van der Waals surface area contributed by atoms with Crippen molar-refractivity contribution in [2.45, 2.75) is 72.8 Å². The summed E-state index contributed by atoms with van der Waals surface area (Å²) in [6.45, 7) is 9.60. The lowest BCUT2D eigenvalue weighted by Crippen LogP contribution is -2.28. The Bertz CT molecular complexity index is 380. The number of hydrogen-bond donors (Lipinski definition) is 0. The van der Waals surface area contributed by atoms with Crippen LogP contribution in [0.25, 0.3) is 0 Å². The van der Waals surface area contributed by atoms with Crippen LogP contribution in [0.5, 0.6) is 0 Å². The summed E-state index contributed by atoms with van der Waals surface area (Å²) in [5.41, 5.74) is 0.708. The number of carbonyl (C=O) groups excluding carboxylic acids is 2. The van der Waals surface area contributed by atoms with Gasteiger partial charge in [0.05, 0.1) is 5.41 Å². The van der Waals surface area contributed by atoms with E-state index in [4.69, 9.17) is 4.74 Å². The fourth-order valence-corrected chi connectivity index (χ4v) is 1.83. The lowest BCUT2D eigenvalue weighted by molar-refractivity contribution is -0.159. The molecule has 1 atom stereocenters. The summed E-state index contributed by atoms with van der Waals surface area (Å²) >= 11 is 0. The third kappa shape index (κ3) is 6.36. The summed E-state index contributed by atoms with van der Waals surface area (Å²) in [6.07, 6.45) is 5.84. The highest BCUT2D eigenvalue weighted by atomic mass is 16.5. The van der Waals surface area contributed by atoms with Gasteiger partial charge in [0.2, 0.25) is 0 Å². The van der Waals surface area contributed by atoms with Crippen molar-refractivity contribution >= 4 is 11.8 Å². The van der Waals surface area contributed by atoms with Gasteiger partial charge in [0.25, 0.3) is 0 Å². The number of hydrogen-bond acceptors (Lipinski definition) is 3. The van der Waals surface area contributed by atoms with Crippen molar-refractivity contribution in [3.63, 3.8) is 0 Å². The molecule has 1 saturated carbocycles. The first-order valence-electron chi connectivity index (χ1n) is 7.57. The molecular formula is C17H28O3. The molecule has 1 aliphatic carbocycles. The minimum Gasteiger partial charge on any atom is -0.462 e. The SMILES string of the molecule is CC(C)=CCC(CCC(=O)C1CC1)OC(=O)C(C)(C)C. The molecule has 0 radical (unpaired) electrons. The fourth-order valence-electron chi connectivity index (χ4n) is 1.83. The molecule has 0 heterocycles. The standard InChI is InChI=1S/C17H28O3/c1-12(2)6-9-14(20-16(19)17(3,4)5)10-11-15(18)13-7-8-13/h6,13-14H,7-11H2,1-5H3. The van der Waals surface area contributed by atoms with Crippen molar-refractivity contribution in [2.75, 3.05) is 0 Å². The van der Waals surface area contributed by atoms with Crippen LogP contribution >= 0.6 is 0 Å². The highest BCUT2D eigenvalue weighted by Crippen LogP contribution is 2.32. The molecule has 0 bridgehead atoms. The van der Waals surface area contributed by atoms with Gasteiger partial charge in [-0.3, -0.25) is 9.59 Å². The van der Waals surface area contributed by atoms with Crippen LogP contribution in [0.4, 0.5) is 0 Å². The van der Waals surface area contributed by atoms with E-state index in [1.54, 1.807) is 0 Å². The first-order chi connectivity index (χ1) is 9.20. The molecule has 1 fully saturated rings. The number of Topliss-reactive ketones (excluding diaryl/α,β-unsaturated/α-hetero) is 1. The molecule has 0 aliphatic heterocycles. The van der Waals surface area contributed by atoms with E-state index >= 15 is 0 Å². The molecule has 1 rings (SSSR count). The van der Waals surface area contributed by atoms with Crippen LogP contribution in [0.15, 0.2) is 11.6 Å². The van der Waals surface area contributed by atoms with E-state index in [0.717, 1.165) is 12.8 Å². The Balaban J connectivity index is 2.52. The predicted molar refractivity (Wildman–Crippen MR) is 80.3 cm³/mol. The van der Waals surface area contributed by atoms with E-state index < -0.39 is 5.41 Å². The Morgan fingerprint density at radius 1 is 1.25 bits per heavy atom. The largest absolute Gasteiger partial charge is 0.462 e. The maximum atomic E-state index is 12.0. The van der Waals surface area contributed by atoms with Gasteiger partial charge in [0.1, 0.15) is 11.9 Å². The minimum atomic E-state index is -0.496. The normalized spacial score (nSPS) is 16.4. The van der Waals surface area contributed by atoms with E-state index in [0.29, 0.717) is 25.0 Å². The van der Waals surface area contributed by atoms with Gasteiger partial charge in [0, 0.05) is 18.8 Å². The van der Waals surface area contributed by atoms with E-state index in [1.807, 2.05) is 34.6 Å². The average Bonchev–Trinajstić information content (AvgIpc) is 3.14. The van der Waals surface area contributed by atoms with Crippen molar-refractivity contribution < 1.29 is 14.3 Å². The third-order valence-electron chi connectivity index (χ3n) is 3.42. The third-order valence-corrected chi connectivity index (χ3v) is 3.42. The van der Waals surface area contributed by atoms with Crippen molar-refractivity contribution in [3.05, 3.63) is 11.6 Å². The van der Waals surface area contributed by atoms with Gasteiger partial charge in [-0.15, -0.1) is 0 Å². The summed E-state index contributed by atoms with van der Waals surface area (Å²) < 4.78 is 5.58. The van der Waals surface area contributed by atoms with Gasteiger partial charge in [-0.1, -0.05) is 11.6 Å². The van der Waals surface area contributed by atoms with Crippen molar-refractivity contribution in [1.82, 2.24) is 0 Å². The van der Waals surface area contributed by atoms with Crippen molar-refractivity contribution in [3.8, 4) is 0 Å². The molecule has 0 aromatic rings. The zero-order chi connectivity index (χ0) is 15.3. The number of esters is 1. The summed E-state index contributed by atoms with van der Waals surface area (Å²) in [5, 5.41) is 0.